The maximum absolute atomic E-state index is 12.9. The van der Waals surface area contributed by atoms with E-state index in [0.29, 0.717) is 28.6 Å². The van der Waals surface area contributed by atoms with E-state index >= 15 is 0 Å². The third-order valence-corrected chi connectivity index (χ3v) is 4.77. The highest BCUT2D eigenvalue weighted by molar-refractivity contribution is 6.30. The lowest BCUT2D eigenvalue weighted by molar-refractivity contribution is 0.0950. The number of nitrogens with zero attached hydrogens (tertiary/aromatic N) is 2. The van der Waals surface area contributed by atoms with Crippen molar-refractivity contribution < 1.29 is 13.9 Å². The summed E-state index contributed by atoms with van der Waals surface area (Å²) in [5.74, 6) is -0.108. The molecule has 8 heteroatoms. The predicted octanol–water partition coefficient (Wildman–Crippen LogP) is 5.21. The van der Waals surface area contributed by atoms with Gasteiger partial charge in [-0.1, -0.05) is 48.0 Å². The summed E-state index contributed by atoms with van der Waals surface area (Å²) >= 11 is 5.90. The van der Waals surface area contributed by atoms with Gasteiger partial charge in [0.25, 0.3) is 5.91 Å². The Morgan fingerprint density at radius 3 is 2.66 bits per heavy atom. The molecule has 1 heterocycles. The molecule has 32 heavy (non-hydrogen) atoms. The third kappa shape index (κ3) is 5.59. The lowest BCUT2D eigenvalue weighted by Crippen LogP contribution is -2.17. The number of ether oxygens (including phenoxy) is 1. The second-order valence-electron chi connectivity index (χ2n) is 6.86. The summed E-state index contributed by atoms with van der Waals surface area (Å²) in [5.41, 5.74) is 5.71. The lowest BCUT2D eigenvalue weighted by Gasteiger charge is -2.07. The fourth-order valence-corrected chi connectivity index (χ4v) is 2.98. The Morgan fingerprint density at radius 2 is 1.88 bits per heavy atom. The van der Waals surface area contributed by atoms with Crippen LogP contribution in [0.3, 0.4) is 0 Å². The molecule has 0 bridgehead atoms. The maximum atomic E-state index is 12.9. The van der Waals surface area contributed by atoms with Gasteiger partial charge in [0, 0.05) is 10.6 Å². The van der Waals surface area contributed by atoms with Crippen LogP contribution < -0.4 is 10.2 Å². The Morgan fingerprint density at radius 1 is 1.09 bits per heavy atom. The molecule has 0 aliphatic carbocycles. The summed E-state index contributed by atoms with van der Waals surface area (Å²) in [6.45, 7) is 0.404. The minimum Gasteiger partial charge on any atom is -0.489 e. The molecule has 0 unspecified atom stereocenters. The first-order valence-electron chi connectivity index (χ1n) is 9.69. The molecule has 4 aromatic rings. The number of benzene rings is 3. The number of carbonyl (C=O) groups is 1. The van der Waals surface area contributed by atoms with E-state index in [1.165, 1.54) is 18.3 Å². The monoisotopic (exact) mass is 448 g/mol. The van der Waals surface area contributed by atoms with E-state index in [1.54, 1.807) is 18.2 Å². The van der Waals surface area contributed by atoms with Gasteiger partial charge in [-0.15, -0.1) is 0 Å². The summed E-state index contributed by atoms with van der Waals surface area (Å²) in [6.07, 6.45) is 1.43. The molecule has 1 aromatic heterocycles. The highest BCUT2D eigenvalue weighted by atomic mass is 35.5. The van der Waals surface area contributed by atoms with Crippen LogP contribution in [0, 0.1) is 5.82 Å². The van der Waals surface area contributed by atoms with Gasteiger partial charge in [0.15, 0.2) is 0 Å². The molecule has 0 saturated carbocycles. The average molecular weight is 449 g/mol. The summed E-state index contributed by atoms with van der Waals surface area (Å²) < 4.78 is 18.8. The molecule has 160 valence electrons. The normalized spacial score (nSPS) is 10.9. The first-order chi connectivity index (χ1) is 15.6. The van der Waals surface area contributed by atoms with Crippen molar-refractivity contribution in [1.82, 2.24) is 15.6 Å². The lowest BCUT2D eigenvalue weighted by atomic mass is 10.1. The number of halogens is 2. The van der Waals surface area contributed by atoms with Gasteiger partial charge in [0.05, 0.1) is 11.9 Å². The van der Waals surface area contributed by atoms with E-state index in [1.807, 2.05) is 48.5 Å². The van der Waals surface area contributed by atoms with Crippen molar-refractivity contribution in [3.63, 3.8) is 0 Å². The second kappa shape index (κ2) is 9.89. The van der Waals surface area contributed by atoms with E-state index < -0.39 is 5.91 Å². The zero-order valence-corrected chi connectivity index (χ0v) is 17.5. The second-order valence-corrected chi connectivity index (χ2v) is 7.30. The molecule has 3 aromatic carbocycles. The highest BCUT2D eigenvalue weighted by Gasteiger charge is 2.11. The van der Waals surface area contributed by atoms with Crippen LogP contribution in [0.2, 0.25) is 5.02 Å². The fraction of sp³-hybridized carbons (Fsp3) is 0.0417. The van der Waals surface area contributed by atoms with Gasteiger partial charge in [-0.25, -0.2) is 9.82 Å². The van der Waals surface area contributed by atoms with Crippen LogP contribution in [0.4, 0.5) is 4.39 Å². The number of hydrogen-bond acceptors (Lipinski definition) is 4. The van der Waals surface area contributed by atoms with Gasteiger partial charge in [0.2, 0.25) is 0 Å². The molecule has 4 rings (SSSR count). The molecule has 0 aliphatic heterocycles. The fourth-order valence-electron chi connectivity index (χ4n) is 2.85. The molecule has 0 aliphatic rings. The van der Waals surface area contributed by atoms with E-state index in [9.17, 15) is 9.18 Å². The smallest absolute Gasteiger partial charge is 0.289 e. The van der Waals surface area contributed by atoms with E-state index in [4.69, 9.17) is 16.3 Å². The number of nitrogens with one attached hydrogen (secondary N) is 2. The number of aromatic nitrogens is 2. The van der Waals surface area contributed by atoms with Gasteiger partial charge in [-0.2, -0.15) is 10.2 Å². The van der Waals surface area contributed by atoms with Crippen LogP contribution in [0.1, 0.15) is 21.6 Å². The Bertz CT molecular complexity index is 1240. The van der Waals surface area contributed by atoms with Crippen LogP contribution >= 0.6 is 11.6 Å². The molecular weight excluding hydrogens is 431 g/mol. The van der Waals surface area contributed by atoms with Gasteiger partial charge < -0.3 is 4.74 Å². The van der Waals surface area contributed by atoms with E-state index in [0.717, 1.165) is 11.1 Å². The van der Waals surface area contributed by atoms with Crippen molar-refractivity contribution in [3.05, 3.63) is 107 Å². The molecule has 6 nitrogen and oxygen atoms in total. The van der Waals surface area contributed by atoms with Crippen molar-refractivity contribution >= 4 is 23.7 Å². The number of carbonyl (C=O) groups excluding carboxylic acids is 1. The van der Waals surface area contributed by atoms with Crippen molar-refractivity contribution in [2.45, 2.75) is 6.61 Å². The Hall–Kier alpha value is -3.97. The first-order valence-corrected chi connectivity index (χ1v) is 10.1. The SMILES string of the molecule is O=C(N/N=C/c1ccc(F)cc1)c1cc(-c2cccc(OCc3ccc(Cl)cc3)c2)n[nH]1. The van der Waals surface area contributed by atoms with E-state index in [-0.39, 0.29) is 11.5 Å². The maximum Gasteiger partial charge on any atom is 0.289 e. The van der Waals surface area contributed by atoms with Crippen LogP contribution in [0.5, 0.6) is 5.75 Å². The predicted molar refractivity (Wildman–Crippen MR) is 121 cm³/mol. The molecule has 0 saturated heterocycles. The number of amides is 1. The van der Waals surface area contributed by atoms with Crippen LogP contribution in [0.15, 0.2) is 84.0 Å². The number of hydrogen-bond donors (Lipinski definition) is 2. The van der Waals surface area contributed by atoms with Gasteiger partial charge in [0.1, 0.15) is 23.9 Å². The van der Waals surface area contributed by atoms with Crippen LogP contribution in [-0.4, -0.2) is 22.3 Å². The zero-order chi connectivity index (χ0) is 22.3. The standard InChI is InChI=1S/C24H18ClFN4O2/c25-19-8-4-17(5-9-19)15-32-21-3-1-2-18(12-21)22-13-23(29-28-22)24(31)30-27-14-16-6-10-20(26)11-7-16/h1-14H,15H2,(H,28,29)(H,30,31)/b27-14+. The minimum absolute atomic E-state index is 0.253. The van der Waals surface area contributed by atoms with Gasteiger partial charge >= 0.3 is 0 Å². The number of H-pyrrole nitrogens is 1. The van der Waals surface area contributed by atoms with Crippen LogP contribution in [0.25, 0.3) is 11.3 Å². The first kappa shape index (κ1) is 21.3. The highest BCUT2D eigenvalue weighted by Crippen LogP contribution is 2.23. The van der Waals surface area contributed by atoms with Gasteiger partial charge in [-0.3, -0.25) is 9.89 Å². The number of rotatable bonds is 7. The summed E-state index contributed by atoms with van der Waals surface area (Å²) in [4.78, 5) is 12.3. The molecular formula is C24H18ClFN4O2. The van der Waals surface area contributed by atoms with Crippen molar-refractivity contribution in [2.75, 3.05) is 0 Å². The van der Waals surface area contributed by atoms with Gasteiger partial charge in [-0.05, 0) is 53.6 Å². The molecule has 0 spiro atoms. The summed E-state index contributed by atoms with van der Waals surface area (Å²) in [5, 5.41) is 11.5. The molecule has 2 N–H and O–H groups in total. The largest absolute Gasteiger partial charge is 0.489 e. The molecule has 0 atom stereocenters. The summed E-state index contributed by atoms with van der Waals surface area (Å²) in [6, 6.07) is 22.2. The van der Waals surface area contributed by atoms with Crippen molar-refractivity contribution in [1.29, 1.82) is 0 Å². The molecule has 1 amide bonds. The quantitative estimate of drug-likeness (QED) is 0.301. The van der Waals surface area contributed by atoms with Crippen LogP contribution in [-0.2, 0) is 6.61 Å². The minimum atomic E-state index is -0.447. The zero-order valence-electron chi connectivity index (χ0n) is 16.8. The van der Waals surface area contributed by atoms with Crippen molar-refractivity contribution in [2.24, 2.45) is 5.10 Å². The Labute approximate surface area is 188 Å². The third-order valence-electron chi connectivity index (χ3n) is 4.52. The van der Waals surface area contributed by atoms with E-state index in [2.05, 4.69) is 20.7 Å². The average Bonchev–Trinajstić information content (AvgIpc) is 3.31. The topological polar surface area (TPSA) is 79.4 Å². The Kier molecular flexibility index (Phi) is 6.57. The van der Waals surface area contributed by atoms with Crippen molar-refractivity contribution in [3.8, 4) is 17.0 Å². The molecule has 0 fully saturated rings. The molecule has 0 radical (unpaired) electrons. The Balaban J connectivity index is 1.38. The number of hydrazone groups is 1. The summed E-state index contributed by atoms with van der Waals surface area (Å²) in [7, 11) is 0. The number of aromatic amines is 1.